The van der Waals surface area contributed by atoms with E-state index in [1.165, 1.54) is 19.3 Å². The second-order valence-electron chi connectivity index (χ2n) is 9.34. The minimum absolute atomic E-state index is 0.0293. The number of nitrogens with zero attached hydrogens (tertiary/aromatic N) is 2. The summed E-state index contributed by atoms with van der Waals surface area (Å²) in [5, 5.41) is 2.93. The van der Waals surface area contributed by atoms with E-state index < -0.39 is 0 Å². The Bertz CT molecular complexity index is 1180. The van der Waals surface area contributed by atoms with E-state index in [-0.39, 0.29) is 17.7 Å². The summed E-state index contributed by atoms with van der Waals surface area (Å²) >= 11 is 0. The standard InChI is InChI=1S/C27H30N4O2/c1-17-16-29-26(32)22-15-24(30-25(17)22)20-12-13-28-23(14-20)18-8-10-19(11-9-18)27(33)31(2)21-6-4-3-5-7-21/h8-15,17,21,30H,3-7,16H2,1-2H3,(H,29,32). The molecule has 6 heteroatoms. The fourth-order valence-corrected chi connectivity index (χ4v) is 5.02. The average molecular weight is 443 g/mol. The number of aromatic amines is 1. The first kappa shape index (κ1) is 21.4. The molecular formula is C27H30N4O2. The number of fused-ring (bicyclic) bond motifs is 1. The molecule has 6 nitrogen and oxygen atoms in total. The topological polar surface area (TPSA) is 78.1 Å². The van der Waals surface area contributed by atoms with Crippen molar-refractivity contribution in [2.45, 2.75) is 51.0 Å². The molecule has 1 aliphatic carbocycles. The number of benzene rings is 1. The van der Waals surface area contributed by atoms with Gasteiger partial charge < -0.3 is 15.2 Å². The zero-order chi connectivity index (χ0) is 22.9. The molecule has 3 heterocycles. The summed E-state index contributed by atoms with van der Waals surface area (Å²) in [6.45, 7) is 2.75. The van der Waals surface area contributed by atoms with E-state index in [1.54, 1.807) is 6.20 Å². The molecule has 1 aliphatic heterocycles. The number of nitrogens with one attached hydrogen (secondary N) is 2. The first-order valence-corrected chi connectivity index (χ1v) is 11.9. The third kappa shape index (κ3) is 4.17. The van der Waals surface area contributed by atoms with Crippen LogP contribution < -0.4 is 5.32 Å². The largest absolute Gasteiger partial charge is 0.357 e. The summed E-state index contributed by atoms with van der Waals surface area (Å²) in [5.74, 6) is 0.308. The number of carbonyl (C=O) groups excluding carboxylic acids is 2. The molecule has 2 N–H and O–H groups in total. The van der Waals surface area contributed by atoms with Crippen LogP contribution in [0.3, 0.4) is 0 Å². The molecule has 33 heavy (non-hydrogen) atoms. The lowest BCUT2D eigenvalue weighted by Gasteiger charge is -2.31. The van der Waals surface area contributed by atoms with Crippen molar-refractivity contribution in [1.29, 1.82) is 0 Å². The molecule has 170 valence electrons. The summed E-state index contributed by atoms with van der Waals surface area (Å²) < 4.78 is 0. The summed E-state index contributed by atoms with van der Waals surface area (Å²) in [4.78, 5) is 35.1. The van der Waals surface area contributed by atoms with E-state index in [0.717, 1.165) is 41.1 Å². The summed E-state index contributed by atoms with van der Waals surface area (Å²) in [6, 6.07) is 13.9. The zero-order valence-corrected chi connectivity index (χ0v) is 19.2. The molecule has 0 saturated heterocycles. The molecule has 0 radical (unpaired) electrons. The van der Waals surface area contributed by atoms with Gasteiger partial charge in [-0.25, -0.2) is 0 Å². The lowest BCUT2D eigenvalue weighted by atomic mass is 9.94. The van der Waals surface area contributed by atoms with E-state index in [4.69, 9.17) is 0 Å². The number of hydrogen-bond acceptors (Lipinski definition) is 3. The molecule has 1 saturated carbocycles. The first-order valence-electron chi connectivity index (χ1n) is 11.9. The van der Waals surface area contributed by atoms with Gasteiger partial charge in [-0.15, -0.1) is 0 Å². The maximum absolute atomic E-state index is 13.0. The number of aromatic nitrogens is 2. The van der Waals surface area contributed by atoms with Crippen LogP contribution in [0.2, 0.25) is 0 Å². The molecule has 2 amide bonds. The molecule has 3 aromatic rings. The Hall–Kier alpha value is -3.41. The van der Waals surface area contributed by atoms with Gasteiger partial charge in [0.2, 0.25) is 0 Å². The van der Waals surface area contributed by atoms with Gasteiger partial charge in [-0.2, -0.15) is 0 Å². The van der Waals surface area contributed by atoms with Crippen LogP contribution in [0.5, 0.6) is 0 Å². The quantitative estimate of drug-likeness (QED) is 0.597. The minimum atomic E-state index is -0.0293. The summed E-state index contributed by atoms with van der Waals surface area (Å²) in [5.41, 5.74) is 6.08. The molecule has 1 unspecified atom stereocenters. The Balaban J connectivity index is 1.37. The molecule has 1 fully saturated rings. The number of hydrogen-bond donors (Lipinski definition) is 2. The number of pyridine rings is 1. The van der Waals surface area contributed by atoms with E-state index in [0.29, 0.717) is 23.7 Å². The van der Waals surface area contributed by atoms with Crippen LogP contribution in [0.4, 0.5) is 0 Å². The van der Waals surface area contributed by atoms with Gasteiger partial charge in [0.15, 0.2) is 0 Å². The van der Waals surface area contributed by atoms with Crippen molar-refractivity contribution < 1.29 is 9.59 Å². The third-order valence-corrected chi connectivity index (χ3v) is 7.10. The Morgan fingerprint density at radius 3 is 2.52 bits per heavy atom. The molecule has 0 spiro atoms. The van der Waals surface area contributed by atoms with Crippen LogP contribution in [0.25, 0.3) is 22.5 Å². The highest BCUT2D eigenvalue weighted by atomic mass is 16.2. The van der Waals surface area contributed by atoms with E-state index in [1.807, 2.05) is 54.4 Å². The first-order chi connectivity index (χ1) is 16.0. The van der Waals surface area contributed by atoms with Crippen LogP contribution in [0, 0.1) is 0 Å². The van der Waals surface area contributed by atoms with Crippen LogP contribution in [0.1, 0.15) is 71.4 Å². The molecule has 2 aromatic heterocycles. The van der Waals surface area contributed by atoms with E-state index in [9.17, 15) is 9.59 Å². The Kier molecular flexibility index (Phi) is 5.75. The highest BCUT2D eigenvalue weighted by molar-refractivity contribution is 5.98. The number of amides is 2. The SMILES string of the molecule is CC1CNC(=O)c2cc(-c3ccnc(-c4ccc(C(=O)N(C)C5CCCCC5)cc4)c3)[nH]c21. The smallest absolute Gasteiger partial charge is 0.253 e. The van der Waals surface area contributed by atoms with Crippen LogP contribution in [-0.4, -0.2) is 46.3 Å². The van der Waals surface area contributed by atoms with Crippen LogP contribution in [-0.2, 0) is 0 Å². The maximum atomic E-state index is 13.0. The fraction of sp³-hybridized carbons (Fsp3) is 0.370. The molecule has 2 aliphatic rings. The van der Waals surface area contributed by atoms with Gasteiger partial charge in [0, 0.05) is 59.8 Å². The van der Waals surface area contributed by atoms with Gasteiger partial charge in [-0.3, -0.25) is 14.6 Å². The monoisotopic (exact) mass is 442 g/mol. The Morgan fingerprint density at radius 2 is 1.79 bits per heavy atom. The van der Waals surface area contributed by atoms with Gasteiger partial charge in [-0.05, 0) is 43.2 Å². The van der Waals surface area contributed by atoms with Crippen molar-refractivity contribution in [3.05, 3.63) is 65.5 Å². The van der Waals surface area contributed by atoms with Crippen molar-refractivity contribution >= 4 is 11.8 Å². The lowest BCUT2D eigenvalue weighted by molar-refractivity contribution is 0.0696. The number of rotatable bonds is 4. The van der Waals surface area contributed by atoms with Gasteiger partial charge in [-0.1, -0.05) is 38.3 Å². The van der Waals surface area contributed by atoms with Crippen molar-refractivity contribution in [2.75, 3.05) is 13.6 Å². The highest BCUT2D eigenvalue weighted by Crippen LogP contribution is 2.30. The van der Waals surface area contributed by atoms with Crippen molar-refractivity contribution in [3.63, 3.8) is 0 Å². The molecular weight excluding hydrogens is 412 g/mol. The van der Waals surface area contributed by atoms with E-state index in [2.05, 4.69) is 22.2 Å². The minimum Gasteiger partial charge on any atom is -0.357 e. The number of carbonyl (C=O) groups is 2. The number of H-pyrrole nitrogens is 1. The van der Waals surface area contributed by atoms with Gasteiger partial charge in [0.05, 0.1) is 11.3 Å². The van der Waals surface area contributed by atoms with Gasteiger partial charge in [0.1, 0.15) is 0 Å². The average Bonchev–Trinajstić information content (AvgIpc) is 3.33. The van der Waals surface area contributed by atoms with Crippen LogP contribution in [0.15, 0.2) is 48.7 Å². The second kappa shape index (κ2) is 8.85. The summed E-state index contributed by atoms with van der Waals surface area (Å²) in [6.07, 6.45) is 7.66. The van der Waals surface area contributed by atoms with E-state index >= 15 is 0 Å². The second-order valence-corrected chi connectivity index (χ2v) is 9.34. The Labute approximate surface area is 194 Å². The predicted molar refractivity (Wildman–Crippen MR) is 129 cm³/mol. The molecule has 1 aromatic carbocycles. The van der Waals surface area contributed by atoms with Gasteiger partial charge >= 0.3 is 0 Å². The van der Waals surface area contributed by atoms with Gasteiger partial charge in [0.25, 0.3) is 11.8 Å². The summed E-state index contributed by atoms with van der Waals surface area (Å²) in [7, 11) is 1.92. The van der Waals surface area contributed by atoms with Crippen LogP contribution >= 0.6 is 0 Å². The normalized spacial score (nSPS) is 18.5. The van der Waals surface area contributed by atoms with Crippen molar-refractivity contribution in [1.82, 2.24) is 20.2 Å². The Morgan fingerprint density at radius 1 is 1.03 bits per heavy atom. The highest BCUT2D eigenvalue weighted by Gasteiger charge is 2.25. The van der Waals surface area contributed by atoms with Crippen molar-refractivity contribution in [2.24, 2.45) is 0 Å². The zero-order valence-electron chi connectivity index (χ0n) is 19.2. The molecule has 1 atom stereocenters. The predicted octanol–water partition coefficient (Wildman–Crippen LogP) is 5.00. The lowest BCUT2D eigenvalue weighted by Crippen LogP contribution is -2.38. The molecule has 0 bridgehead atoms. The third-order valence-electron chi connectivity index (χ3n) is 7.10. The molecule has 5 rings (SSSR count). The van der Waals surface area contributed by atoms with Crippen molar-refractivity contribution in [3.8, 4) is 22.5 Å². The fourth-order valence-electron chi connectivity index (χ4n) is 5.02. The maximum Gasteiger partial charge on any atom is 0.253 e.